The third-order valence-electron chi connectivity index (χ3n) is 3.84. The minimum absolute atomic E-state index is 0.0522. The molecule has 3 nitrogen and oxygen atoms in total. The first kappa shape index (κ1) is 13.6. The van der Waals surface area contributed by atoms with Gasteiger partial charge in [-0.15, -0.1) is 0 Å². The molecule has 0 unspecified atom stereocenters. The number of aliphatic hydroxyl groups excluding tert-OH is 1. The molecule has 106 valence electrons. The Balaban J connectivity index is 1.93. The second kappa shape index (κ2) is 5.55. The van der Waals surface area contributed by atoms with Gasteiger partial charge in [0.2, 0.25) is 0 Å². The number of anilines is 1. The van der Waals surface area contributed by atoms with E-state index in [1.165, 1.54) is 12.1 Å². The van der Waals surface area contributed by atoms with Crippen LogP contribution in [-0.4, -0.2) is 17.8 Å². The highest BCUT2D eigenvalue weighted by Crippen LogP contribution is 2.36. The molecule has 4 heteroatoms. The first-order valence-corrected chi connectivity index (χ1v) is 6.87. The summed E-state index contributed by atoms with van der Waals surface area (Å²) in [5.74, 6) is -0.270. The van der Waals surface area contributed by atoms with Crippen LogP contribution in [0.3, 0.4) is 0 Å². The topological polar surface area (TPSA) is 47.3 Å². The number of halogens is 1. The average molecular weight is 282 g/mol. The van der Waals surface area contributed by atoms with E-state index in [0.717, 1.165) is 11.3 Å². The Morgan fingerprint density at radius 3 is 2.62 bits per heavy atom. The monoisotopic (exact) mass is 282 g/mol. The molecule has 1 saturated heterocycles. The minimum atomic E-state index is -0.436. The van der Waals surface area contributed by atoms with Gasteiger partial charge in [-0.1, -0.05) is 12.1 Å². The van der Waals surface area contributed by atoms with Crippen LogP contribution in [0.15, 0.2) is 48.5 Å². The van der Waals surface area contributed by atoms with Gasteiger partial charge in [-0.25, -0.2) is 4.39 Å². The van der Waals surface area contributed by atoms with Gasteiger partial charge < -0.3 is 10.0 Å². The van der Waals surface area contributed by atoms with Gasteiger partial charge in [0.25, 0.3) is 0 Å². The maximum atomic E-state index is 13.4. The Bertz CT molecular complexity index is 678. The molecule has 1 fully saturated rings. The molecule has 0 saturated carbocycles. The molecular formula is C17H15FN2O. The van der Waals surface area contributed by atoms with Crippen LogP contribution >= 0.6 is 0 Å². The second-order valence-electron chi connectivity index (χ2n) is 5.27. The van der Waals surface area contributed by atoms with Crippen molar-refractivity contribution in [3.05, 3.63) is 65.5 Å². The summed E-state index contributed by atoms with van der Waals surface area (Å²) in [6.45, 7) is 0.507. The molecule has 21 heavy (non-hydrogen) atoms. The van der Waals surface area contributed by atoms with Crippen LogP contribution in [0, 0.1) is 17.1 Å². The molecule has 1 N–H and O–H groups in total. The minimum Gasteiger partial charge on any atom is -0.391 e. The van der Waals surface area contributed by atoms with E-state index in [1.807, 2.05) is 18.2 Å². The number of β-amino-alcohol motifs (C(OH)–C–C–N with tert-alkyl or cyclic N) is 1. The van der Waals surface area contributed by atoms with E-state index >= 15 is 0 Å². The predicted molar refractivity (Wildman–Crippen MR) is 78.3 cm³/mol. The summed E-state index contributed by atoms with van der Waals surface area (Å²) < 4.78 is 13.4. The Morgan fingerprint density at radius 1 is 1.19 bits per heavy atom. The van der Waals surface area contributed by atoms with E-state index in [1.54, 1.807) is 18.2 Å². The van der Waals surface area contributed by atoms with E-state index in [-0.39, 0.29) is 11.9 Å². The second-order valence-corrected chi connectivity index (χ2v) is 5.27. The third kappa shape index (κ3) is 2.74. The number of benzene rings is 2. The number of rotatable bonds is 2. The molecule has 2 aromatic rings. The third-order valence-corrected chi connectivity index (χ3v) is 3.84. The molecule has 0 aromatic heterocycles. The van der Waals surface area contributed by atoms with Crippen LogP contribution in [-0.2, 0) is 0 Å². The highest BCUT2D eigenvalue weighted by Gasteiger charge is 2.32. The Kier molecular flexibility index (Phi) is 3.59. The summed E-state index contributed by atoms with van der Waals surface area (Å²) in [6, 6.07) is 15.8. The quantitative estimate of drug-likeness (QED) is 0.921. The lowest BCUT2D eigenvalue weighted by Crippen LogP contribution is -2.24. The van der Waals surface area contributed by atoms with Gasteiger partial charge in [-0.2, -0.15) is 5.26 Å². The van der Waals surface area contributed by atoms with Gasteiger partial charge in [0.1, 0.15) is 5.82 Å². The maximum absolute atomic E-state index is 13.4. The van der Waals surface area contributed by atoms with Crippen LogP contribution < -0.4 is 4.90 Å². The number of hydrogen-bond acceptors (Lipinski definition) is 3. The Labute approximate surface area is 122 Å². The number of aliphatic hydroxyl groups is 1. The highest BCUT2D eigenvalue weighted by atomic mass is 19.1. The lowest BCUT2D eigenvalue weighted by molar-refractivity contribution is 0.194. The summed E-state index contributed by atoms with van der Waals surface area (Å²) >= 11 is 0. The molecular weight excluding hydrogens is 267 g/mol. The van der Waals surface area contributed by atoms with Crippen LogP contribution in [0.25, 0.3) is 0 Å². The zero-order chi connectivity index (χ0) is 14.8. The molecule has 1 aliphatic heterocycles. The van der Waals surface area contributed by atoms with Crippen LogP contribution in [0.5, 0.6) is 0 Å². The highest BCUT2D eigenvalue weighted by molar-refractivity contribution is 5.53. The van der Waals surface area contributed by atoms with E-state index in [0.29, 0.717) is 18.5 Å². The number of nitrogens with zero attached hydrogens (tertiary/aromatic N) is 2. The van der Waals surface area contributed by atoms with Crippen LogP contribution in [0.2, 0.25) is 0 Å². The summed E-state index contributed by atoms with van der Waals surface area (Å²) in [7, 11) is 0. The van der Waals surface area contributed by atoms with Crippen molar-refractivity contribution in [2.75, 3.05) is 11.4 Å². The van der Waals surface area contributed by atoms with Crippen molar-refractivity contribution in [3.8, 4) is 6.07 Å². The maximum Gasteiger partial charge on any atom is 0.123 e. The van der Waals surface area contributed by atoms with Gasteiger partial charge in [0, 0.05) is 12.2 Å². The Hall–Kier alpha value is -2.38. The molecule has 0 bridgehead atoms. The largest absolute Gasteiger partial charge is 0.391 e. The molecule has 3 rings (SSSR count). The lowest BCUT2D eigenvalue weighted by atomic mass is 10.0. The average Bonchev–Trinajstić information content (AvgIpc) is 2.89. The summed E-state index contributed by atoms with van der Waals surface area (Å²) in [4.78, 5) is 2.06. The fourth-order valence-corrected chi connectivity index (χ4v) is 2.86. The van der Waals surface area contributed by atoms with Crippen molar-refractivity contribution in [2.45, 2.75) is 18.6 Å². The molecule has 0 amide bonds. The SMILES string of the molecule is N#Cc1ccc(N2C[C@H](O)C[C@H]2c2cccc(F)c2)cc1. The van der Waals surface area contributed by atoms with E-state index in [2.05, 4.69) is 11.0 Å². The van der Waals surface area contributed by atoms with Crippen molar-refractivity contribution >= 4 is 5.69 Å². The zero-order valence-corrected chi connectivity index (χ0v) is 11.4. The first-order chi connectivity index (χ1) is 10.2. The molecule has 0 spiro atoms. The van der Waals surface area contributed by atoms with E-state index in [9.17, 15) is 9.50 Å². The van der Waals surface area contributed by atoms with Gasteiger partial charge >= 0.3 is 0 Å². The normalized spacial score (nSPS) is 21.3. The lowest BCUT2D eigenvalue weighted by Gasteiger charge is -2.27. The molecule has 2 atom stereocenters. The number of nitriles is 1. The van der Waals surface area contributed by atoms with Gasteiger partial charge in [0.15, 0.2) is 0 Å². The first-order valence-electron chi connectivity index (χ1n) is 6.87. The Morgan fingerprint density at radius 2 is 1.95 bits per heavy atom. The van der Waals surface area contributed by atoms with E-state index < -0.39 is 6.10 Å². The van der Waals surface area contributed by atoms with Crippen molar-refractivity contribution in [3.63, 3.8) is 0 Å². The molecule has 1 aliphatic rings. The van der Waals surface area contributed by atoms with Crippen LogP contribution in [0.1, 0.15) is 23.6 Å². The van der Waals surface area contributed by atoms with Crippen molar-refractivity contribution in [1.82, 2.24) is 0 Å². The predicted octanol–water partition coefficient (Wildman–Crippen LogP) is 3.01. The fourth-order valence-electron chi connectivity index (χ4n) is 2.86. The van der Waals surface area contributed by atoms with Gasteiger partial charge in [0.05, 0.1) is 23.8 Å². The number of hydrogen-bond donors (Lipinski definition) is 1. The van der Waals surface area contributed by atoms with Crippen molar-refractivity contribution in [2.24, 2.45) is 0 Å². The van der Waals surface area contributed by atoms with Crippen molar-refractivity contribution < 1.29 is 9.50 Å². The molecule has 1 heterocycles. The summed E-state index contributed by atoms with van der Waals surface area (Å²) in [5, 5.41) is 18.8. The standard InChI is InChI=1S/C17H15FN2O/c18-14-3-1-2-13(8-14)17-9-16(21)11-20(17)15-6-4-12(10-19)5-7-15/h1-8,16-17,21H,9,11H2/t16-,17+/m1/s1. The summed E-state index contributed by atoms with van der Waals surface area (Å²) in [6.07, 6.45) is 0.137. The summed E-state index contributed by atoms with van der Waals surface area (Å²) in [5.41, 5.74) is 2.39. The smallest absolute Gasteiger partial charge is 0.123 e. The van der Waals surface area contributed by atoms with Gasteiger partial charge in [-0.3, -0.25) is 0 Å². The fraction of sp³-hybridized carbons (Fsp3) is 0.235. The molecule has 0 radical (unpaired) electrons. The van der Waals surface area contributed by atoms with Crippen LogP contribution in [0.4, 0.5) is 10.1 Å². The van der Waals surface area contributed by atoms with Crippen molar-refractivity contribution in [1.29, 1.82) is 5.26 Å². The molecule has 2 aromatic carbocycles. The zero-order valence-electron chi connectivity index (χ0n) is 11.4. The van der Waals surface area contributed by atoms with E-state index in [4.69, 9.17) is 5.26 Å². The molecule has 0 aliphatic carbocycles. The van der Waals surface area contributed by atoms with Gasteiger partial charge in [-0.05, 0) is 48.4 Å².